The van der Waals surface area contributed by atoms with Crippen molar-refractivity contribution >= 4 is 46.6 Å². The van der Waals surface area contributed by atoms with Gasteiger partial charge in [0.25, 0.3) is 0 Å². The van der Waals surface area contributed by atoms with Crippen molar-refractivity contribution in [1.82, 2.24) is 14.8 Å². The molecule has 1 aromatic heterocycles. The summed E-state index contributed by atoms with van der Waals surface area (Å²) in [6, 6.07) is 12.2. The molecule has 30 heavy (non-hydrogen) atoms. The highest BCUT2D eigenvalue weighted by Crippen LogP contribution is 2.28. The minimum absolute atomic E-state index is 0.148. The number of aromatic nitrogens is 3. The van der Waals surface area contributed by atoms with Gasteiger partial charge in [-0.25, -0.2) is 0 Å². The van der Waals surface area contributed by atoms with Gasteiger partial charge < -0.3 is 19.4 Å². The molecular weight excluding hydrogens is 447 g/mol. The highest BCUT2D eigenvalue weighted by atomic mass is 35.5. The third kappa shape index (κ3) is 5.81. The first-order valence-electron chi connectivity index (χ1n) is 9.06. The van der Waals surface area contributed by atoms with Crippen molar-refractivity contribution < 1.29 is 14.3 Å². The van der Waals surface area contributed by atoms with Crippen molar-refractivity contribution in [2.75, 3.05) is 18.2 Å². The summed E-state index contributed by atoms with van der Waals surface area (Å²) in [5.41, 5.74) is 0.672. The van der Waals surface area contributed by atoms with Gasteiger partial charge in [0.15, 0.2) is 11.0 Å². The molecule has 3 aromatic rings. The maximum Gasteiger partial charge on any atom is 0.234 e. The lowest BCUT2D eigenvalue weighted by atomic mass is 10.3. The normalized spacial score (nSPS) is 10.7. The Bertz CT molecular complexity index is 1030. The van der Waals surface area contributed by atoms with Gasteiger partial charge in [0.2, 0.25) is 5.91 Å². The molecule has 7 nitrogen and oxygen atoms in total. The average molecular weight is 467 g/mol. The van der Waals surface area contributed by atoms with E-state index in [4.69, 9.17) is 32.7 Å². The molecule has 0 unspecified atom stereocenters. The zero-order valence-corrected chi connectivity index (χ0v) is 18.7. The summed E-state index contributed by atoms with van der Waals surface area (Å²) in [4.78, 5) is 12.3. The summed E-state index contributed by atoms with van der Waals surface area (Å²) < 4.78 is 12.8. The fourth-order valence-electron chi connectivity index (χ4n) is 2.61. The van der Waals surface area contributed by atoms with Gasteiger partial charge in [0, 0.05) is 23.3 Å². The van der Waals surface area contributed by atoms with Crippen LogP contribution in [0.1, 0.15) is 12.7 Å². The molecule has 0 atom stereocenters. The smallest absolute Gasteiger partial charge is 0.234 e. The van der Waals surface area contributed by atoms with Gasteiger partial charge in [-0.3, -0.25) is 4.79 Å². The lowest BCUT2D eigenvalue weighted by Gasteiger charge is -2.10. The van der Waals surface area contributed by atoms with E-state index in [9.17, 15) is 4.79 Å². The summed E-state index contributed by atoms with van der Waals surface area (Å²) in [5, 5.41) is 12.8. The van der Waals surface area contributed by atoms with Gasteiger partial charge in [-0.1, -0.05) is 41.0 Å². The minimum atomic E-state index is -0.148. The zero-order chi connectivity index (χ0) is 21.5. The SMILES string of the molecule is CCn1c(COc2ccc(Cl)cc2Cl)nnc1SCC(=O)Nc1cccc(OC)c1. The molecule has 0 saturated carbocycles. The number of amides is 1. The molecule has 0 radical (unpaired) electrons. The van der Waals surface area contributed by atoms with Crippen molar-refractivity contribution in [2.45, 2.75) is 25.2 Å². The predicted octanol–water partition coefficient (Wildman–Crippen LogP) is 4.92. The number of carbonyl (C=O) groups is 1. The van der Waals surface area contributed by atoms with Crippen LogP contribution in [0.4, 0.5) is 5.69 Å². The number of ether oxygens (including phenoxy) is 2. The summed E-state index contributed by atoms with van der Waals surface area (Å²) in [6.45, 7) is 2.81. The van der Waals surface area contributed by atoms with Gasteiger partial charge in [0.1, 0.15) is 18.1 Å². The van der Waals surface area contributed by atoms with E-state index in [1.807, 2.05) is 23.6 Å². The lowest BCUT2D eigenvalue weighted by molar-refractivity contribution is -0.113. The molecule has 0 saturated heterocycles. The van der Waals surface area contributed by atoms with Crippen molar-refractivity contribution in [3.63, 3.8) is 0 Å². The van der Waals surface area contributed by atoms with Gasteiger partial charge in [-0.05, 0) is 37.3 Å². The fraction of sp³-hybridized carbons (Fsp3) is 0.250. The Morgan fingerprint density at radius 3 is 2.77 bits per heavy atom. The molecule has 1 heterocycles. The maximum atomic E-state index is 12.3. The lowest BCUT2D eigenvalue weighted by Crippen LogP contribution is -2.15. The first-order valence-corrected chi connectivity index (χ1v) is 10.8. The molecule has 158 valence electrons. The topological polar surface area (TPSA) is 78.3 Å². The van der Waals surface area contributed by atoms with Crippen LogP contribution in [0.3, 0.4) is 0 Å². The highest BCUT2D eigenvalue weighted by molar-refractivity contribution is 7.99. The van der Waals surface area contributed by atoms with E-state index in [1.54, 1.807) is 37.4 Å². The standard InChI is InChI=1S/C20H20Cl2N4O3S/c1-3-26-18(11-29-17-8-7-13(21)9-16(17)22)24-25-20(26)30-12-19(27)23-14-5-4-6-15(10-14)28-2/h4-10H,3,11-12H2,1-2H3,(H,23,27). The molecule has 0 aliphatic carbocycles. The average Bonchev–Trinajstić information content (AvgIpc) is 3.13. The molecule has 10 heteroatoms. The molecule has 0 spiro atoms. The molecule has 1 N–H and O–H groups in total. The van der Waals surface area contributed by atoms with E-state index >= 15 is 0 Å². The van der Waals surface area contributed by atoms with E-state index in [0.29, 0.717) is 44.8 Å². The Kier molecular flexibility index (Phi) is 7.84. The quantitative estimate of drug-likeness (QED) is 0.450. The number of hydrogen-bond acceptors (Lipinski definition) is 6. The Morgan fingerprint density at radius 2 is 2.03 bits per heavy atom. The Balaban J connectivity index is 1.58. The first-order chi connectivity index (χ1) is 14.5. The summed E-state index contributed by atoms with van der Waals surface area (Å²) >= 11 is 13.3. The van der Waals surface area contributed by atoms with Crippen LogP contribution < -0.4 is 14.8 Å². The van der Waals surface area contributed by atoms with E-state index in [1.165, 1.54) is 11.8 Å². The number of rotatable bonds is 9. The molecule has 0 aliphatic rings. The molecule has 2 aromatic carbocycles. The maximum absolute atomic E-state index is 12.3. The van der Waals surface area contributed by atoms with E-state index in [-0.39, 0.29) is 18.3 Å². The van der Waals surface area contributed by atoms with Crippen LogP contribution in [0.15, 0.2) is 47.6 Å². The van der Waals surface area contributed by atoms with Crippen molar-refractivity contribution in [1.29, 1.82) is 0 Å². The van der Waals surface area contributed by atoms with Crippen LogP contribution in [-0.4, -0.2) is 33.5 Å². The van der Waals surface area contributed by atoms with Crippen LogP contribution in [-0.2, 0) is 17.9 Å². The van der Waals surface area contributed by atoms with Crippen molar-refractivity contribution in [3.05, 3.63) is 58.3 Å². The number of benzene rings is 2. The van der Waals surface area contributed by atoms with Crippen LogP contribution in [0, 0.1) is 0 Å². The second-order valence-corrected chi connectivity index (χ2v) is 7.86. The molecule has 1 amide bonds. The number of carbonyl (C=O) groups excluding carboxylic acids is 1. The number of nitrogens with zero attached hydrogens (tertiary/aromatic N) is 3. The summed E-state index contributed by atoms with van der Waals surface area (Å²) in [7, 11) is 1.58. The van der Waals surface area contributed by atoms with Crippen LogP contribution >= 0.6 is 35.0 Å². The fourth-order valence-corrected chi connectivity index (χ4v) is 3.90. The number of halogens is 2. The predicted molar refractivity (Wildman–Crippen MR) is 119 cm³/mol. The van der Waals surface area contributed by atoms with Crippen molar-refractivity contribution in [2.24, 2.45) is 0 Å². The molecule has 3 rings (SSSR count). The summed E-state index contributed by atoms with van der Waals surface area (Å²) in [5.74, 6) is 1.87. The summed E-state index contributed by atoms with van der Waals surface area (Å²) in [6.07, 6.45) is 0. The number of nitrogens with one attached hydrogen (secondary N) is 1. The number of anilines is 1. The van der Waals surface area contributed by atoms with Gasteiger partial charge in [-0.2, -0.15) is 0 Å². The minimum Gasteiger partial charge on any atom is -0.497 e. The Hall–Kier alpha value is -2.42. The Morgan fingerprint density at radius 1 is 1.20 bits per heavy atom. The van der Waals surface area contributed by atoms with Crippen LogP contribution in [0.5, 0.6) is 11.5 Å². The number of hydrogen-bond donors (Lipinski definition) is 1. The molecule has 0 fully saturated rings. The first kappa shape index (κ1) is 22.3. The van der Waals surface area contributed by atoms with Crippen molar-refractivity contribution in [3.8, 4) is 11.5 Å². The highest BCUT2D eigenvalue weighted by Gasteiger charge is 2.14. The van der Waals surface area contributed by atoms with E-state index in [0.717, 1.165) is 0 Å². The zero-order valence-electron chi connectivity index (χ0n) is 16.4. The number of methoxy groups -OCH3 is 1. The molecular formula is C20H20Cl2N4O3S. The largest absolute Gasteiger partial charge is 0.497 e. The molecule has 0 bridgehead atoms. The van der Waals surface area contributed by atoms with E-state index < -0.39 is 0 Å². The Labute approximate surface area is 188 Å². The second-order valence-electron chi connectivity index (χ2n) is 6.08. The van der Waals surface area contributed by atoms with Gasteiger partial charge >= 0.3 is 0 Å². The third-order valence-corrected chi connectivity index (χ3v) is 5.54. The molecule has 0 aliphatic heterocycles. The van der Waals surface area contributed by atoms with Crippen LogP contribution in [0.2, 0.25) is 10.0 Å². The van der Waals surface area contributed by atoms with Gasteiger partial charge in [-0.15, -0.1) is 10.2 Å². The van der Waals surface area contributed by atoms with Gasteiger partial charge in [0.05, 0.1) is 17.9 Å². The monoisotopic (exact) mass is 466 g/mol. The second kappa shape index (κ2) is 10.6. The van der Waals surface area contributed by atoms with E-state index in [2.05, 4.69) is 15.5 Å². The third-order valence-electron chi connectivity index (χ3n) is 4.05. The van der Waals surface area contributed by atoms with Crippen LogP contribution in [0.25, 0.3) is 0 Å². The number of thioether (sulfide) groups is 1.